The summed E-state index contributed by atoms with van der Waals surface area (Å²) in [6, 6.07) is 7.63. The number of hydrogen-bond donors (Lipinski definition) is 1. The van der Waals surface area contributed by atoms with Gasteiger partial charge in [-0.05, 0) is 37.5 Å². The van der Waals surface area contributed by atoms with Crippen LogP contribution in [0.15, 0.2) is 28.7 Å². The molecule has 0 bridgehead atoms. The molecule has 0 spiro atoms. The molecular weight excluding hydrogens is 334 g/mol. The maximum Gasteiger partial charge on any atom is 0.309 e. The van der Waals surface area contributed by atoms with Crippen molar-refractivity contribution in [2.45, 2.75) is 38.6 Å². The predicted molar refractivity (Wildman–Crippen MR) is 83.6 cm³/mol. The third-order valence-electron chi connectivity index (χ3n) is 3.78. The molecule has 2 rings (SSSR count). The number of rotatable bonds is 5. The van der Waals surface area contributed by atoms with Gasteiger partial charge in [0.1, 0.15) is 0 Å². The van der Waals surface area contributed by atoms with Crippen molar-refractivity contribution in [3.8, 4) is 0 Å². The molecule has 0 aromatic heterocycles. The molecule has 1 N–H and O–H groups in total. The van der Waals surface area contributed by atoms with E-state index in [1.165, 1.54) is 0 Å². The second-order valence-corrected chi connectivity index (χ2v) is 6.35. The average molecular weight is 354 g/mol. The van der Waals surface area contributed by atoms with Gasteiger partial charge in [0.2, 0.25) is 0 Å². The van der Waals surface area contributed by atoms with Gasteiger partial charge in [-0.3, -0.25) is 9.59 Å². The first-order valence-electron chi connectivity index (χ1n) is 7.27. The molecule has 0 saturated heterocycles. The highest BCUT2D eigenvalue weighted by molar-refractivity contribution is 9.10. The van der Waals surface area contributed by atoms with E-state index in [0.29, 0.717) is 0 Å². The van der Waals surface area contributed by atoms with Gasteiger partial charge in [-0.2, -0.15) is 0 Å². The van der Waals surface area contributed by atoms with Gasteiger partial charge in [-0.25, -0.2) is 0 Å². The van der Waals surface area contributed by atoms with Crippen LogP contribution in [0.3, 0.4) is 0 Å². The SMILES string of the molecule is C[C@H](NC(=O)COC(=O)C1CCCC1)c1ccc(Br)cc1. The molecule has 1 aromatic rings. The standard InChI is InChI=1S/C16H20BrNO3/c1-11(12-6-8-14(17)9-7-12)18-15(19)10-21-16(20)13-4-2-3-5-13/h6-9,11,13H,2-5,10H2,1H3,(H,18,19)/t11-/m0/s1. The number of carbonyl (C=O) groups is 2. The van der Waals surface area contributed by atoms with E-state index >= 15 is 0 Å². The maximum atomic E-state index is 11.8. The first-order chi connectivity index (χ1) is 10.1. The van der Waals surface area contributed by atoms with Crippen LogP contribution >= 0.6 is 15.9 Å². The summed E-state index contributed by atoms with van der Waals surface area (Å²) >= 11 is 3.37. The average Bonchev–Trinajstić information content (AvgIpc) is 2.99. The molecule has 0 unspecified atom stereocenters. The normalized spacial score (nSPS) is 16.5. The maximum absolute atomic E-state index is 11.8. The van der Waals surface area contributed by atoms with Crippen molar-refractivity contribution < 1.29 is 14.3 Å². The van der Waals surface area contributed by atoms with E-state index in [1.807, 2.05) is 31.2 Å². The minimum Gasteiger partial charge on any atom is -0.455 e. The monoisotopic (exact) mass is 353 g/mol. The van der Waals surface area contributed by atoms with Crippen molar-refractivity contribution in [2.75, 3.05) is 6.61 Å². The van der Waals surface area contributed by atoms with E-state index in [9.17, 15) is 9.59 Å². The second-order valence-electron chi connectivity index (χ2n) is 5.43. The van der Waals surface area contributed by atoms with E-state index in [4.69, 9.17) is 4.74 Å². The lowest BCUT2D eigenvalue weighted by Gasteiger charge is -2.15. The van der Waals surface area contributed by atoms with Crippen LogP contribution in [0.2, 0.25) is 0 Å². The number of ether oxygens (including phenoxy) is 1. The third kappa shape index (κ3) is 4.84. The highest BCUT2D eigenvalue weighted by Crippen LogP contribution is 2.25. The molecule has 0 aliphatic heterocycles. The quantitative estimate of drug-likeness (QED) is 0.825. The van der Waals surface area contributed by atoms with Gasteiger partial charge >= 0.3 is 5.97 Å². The zero-order chi connectivity index (χ0) is 15.2. The van der Waals surface area contributed by atoms with Gasteiger partial charge < -0.3 is 10.1 Å². The lowest BCUT2D eigenvalue weighted by molar-refractivity contribution is -0.152. The minimum atomic E-state index is -0.267. The van der Waals surface area contributed by atoms with E-state index in [2.05, 4.69) is 21.2 Å². The zero-order valence-electron chi connectivity index (χ0n) is 12.1. The summed E-state index contributed by atoms with van der Waals surface area (Å²) in [5.74, 6) is -0.516. The Hall–Kier alpha value is -1.36. The lowest BCUT2D eigenvalue weighted by atomic mass is 10.1. The van der Waals surface area contributed by atoms with Gasteiger partial charge in [-0.1, -0.05) is 40.9 Å². The van der Waals surface area contributed by atoms with Crippen molar-refractivity contribution in [2.24, 2.45) is 5.92 Å². The molecule has 1 saturated carbocycles. The molecule has 1 aromatic carbocycles. The van der Waals surface area contributed by atoms with Crippen molar-refractivity contribution in [1.82, 2.24) is 5.32 Å². The fourth-order valence-electron chi connectivity index (χ4n) is 2.53. The number of nitrogens with one attached hydrogen (secondary N) is 1. The first kappa shape index (κ1) is 16.0. The van der Waals surface area contributed by atoms with Gasteiger partial charge in [0.15, 0.2) is 6.61 Å². The Bertz CT molecular complexity index is 495. The van der Waals surface area contributed by atoms with Gasteiger partial charge in [0, 0.05) is 4.47 Å². The Morgan fingerprint density at radius 2 is 1.90 bits per heavy atom. The third-order valence-corrected chi connectivity index (χ3v) is 4.31. The molecule has 1 aliphatic carbocycles. The predicted octanol–water partition coefficient (Wildman–Crippen LogP) is 3.36. The fraction of sp³-hybridized carbons (Fsp3) is 0.500. The largest absolute Gasteiger partial charge is 0.455 e. The van der Waals surface area contributed by atoms with Crippen LogP contribution in [0.4, 0.5) is 0 Å². The molecule has 0 radical (unpaired) electrons. The van der Waals surface area contributed by atoms with Crippen molar-refractivity contribution in [1.29, 1.82) is 0 Å². The van der Waals surface area contributed by atoms with Gasteiger partial charge in [0.05, 0.1) is 12.0 Å². The second kappa shape index (κ2) is 7.59. The highest BCUT2D eigenvalue weighted by atomic mass is 79.9. The molecule has 4 nitrogen and oxygen atoms in total. The molecular formula is C16H20BrNO3. The molecule has 1 aliphatic rings. The van der Waals surface area contributed by atoms with Crippen LogP contribution in [0.1, 0.15) is 44.2 Å². The van der Waals surface area contributed by atoms with Crippen LogP contribution in [0.25, 0.3) is 0 Å². The van der Waals surface area contributed by atoms with Crippen LogP contribution in [-0.2, 0) is 14.3 Å². The van der Waals surface area contributed by atoms with E-state index in [1.54, 1.807) is 0 Å². The Labute approximate surface area is 133 Å². The summed E-state index contributed by atoms with van der Waals surface area (Å²) in [7, 11) is 0. The summed E-state index contributed by atoms with van der Waals surface area (Å²) in [5, 5.41) is 2.83. The number of hydrogen-bond acceptors (Lipinski definition) is 3. The zero-order valence-corrected chi connectivity index (χ0v) is 13.7. The number of halogens is 1. The molecule has 114 valence electrons. The van der Waals surface area contributed by atoms with E-state index < -0.39 is 0 Å². The minimum absolute atomic E-state index is 0.0123. The summed E-state index contributed by atoms with van der Waals surface area (Å²) in [4.78, 5) is 23.6. The molecule has 21 heavy (non-hydrogen) atoms. The Kier molecular flexibility index (Phi) is 5.79. The van der Waals surface area contributed by atoms with Crippen LogP contribution < -0.4 is 5.32 Å². The van der Waals surface area contributed by atoms with Gasteiger partial charge in [0.25, 0.3) is 5.91 Å². The number of carbonyl (C=O) groups excluding carboxylic acids is 2. The lowest BCUT2D eigenvalue weighted by Crippen LogP contribution is -2.32. The van der Waals surface area contributed by atoms with E-state index in [0.717, 1.165) is 35.7 Å². The van der Waals surface area contributed by atoms with Gasteiger partial charge in [-0.15, -0.1) is 0 Å². The Balaban J connectivity index is 1.75. The van der Waals surface area contributed by atoms with Crippen LogP contribution in [-0.4, -0.2) is 18.5 Å². The smallest absolute Gasteiger partial charge is 0.309 e. The van der Waals surface area contributed by atoms with Crippen LogP contribution in [0, 0.1) is 5.92 Å². The summed E-state index contributed by atoms with van der Waals surface area (Å²) < 4.78 is 6.08. The first-order valence-corrected chi connectivity index (χ1v) is 8.07. The number of amides is 1. The summed E-state index contributed by atoms with van der Waals surface area (Å²) in [5.41, 5.74) is 1.01. The highest BCUT2D eigenvalue weighted by Gasteiger charge is 2.24. The van der Waals surface area contributed by atoms with E-state index in [-0.39, 0.29) is 30.4 Å². The molecule has 1 fully saturated rings. The molecule has 1 amide bonds. The fourth-order valence-corrected chi connectivity index (χ4v) is 2.80. The number of benzene rings is 1. The van der Waals surface area contributed by atoms with Crippen molar-refractivity contribution >= 4 is 27.8 Å². The Morgan fingerprint density at radius 1 is 1.29 bits per heavy atom. The molecule has 5 heteroatoms. The van der Waals surface area contributed by atoms with Crippen molar-refractivity contribution in [3.63, 3.8) is 0 Å². The number of esters is 1. The summed E-state index contributed by atoms with van der Waals surface area (Å²) in [6.45, 7) is 1.70. The van der Waals surface area contributed by atoms with Crippen LogP contribution in [0.5, 0.6) is 0 Å². The Morgan fingerprint density at radius 3 is 2.52 bits per heavy atom. The molecule has 1 atom stereocenters. The van der Waals surface area contributed by atoms with Crippen molar-refractivity contribution in [3.05, 3.63) is 34.3 Å². The summed E-state index contributed by atoms with van der Waals surface area (Å²) in [6.07, 6.45) is 3.92. The topological polar surface area (TPSA) is 55.4 Å². The molecule has 0 heterocycles.